The second-order valence-corrected chi connectivity index (χ2v) is 3.55. The van der Waals surface area contributed by atoms with Crippen molar-refractivity contribution in [2.75, 3.05) is 0 Å². The second kappa shape index (κ2) is 6.18. The van der Waals surface area contributed by atoms with Gasteiger partial charge in [-0.05, 0) is 0 Å². The maximum Gasteiger partial charge on any atom is 0.471 e. The van der Waals surface area contributed by atoms with Crippen molar-refractivity contribution in [3.8, 4) is 6.07 Å². The molecule has 24 heavy (non-hydrogen) atoms. The van der Waals surface area contributed by atoms with Gasteiger partial charge in [0.1, 0.15) is 6.07 Å². The first-order valence-corrected chi connectivity index (χ1v) is 4.75. The summed E-state index contributed by atoms with van der Waals surface area (Å²) in [6.45, 7) is 0. The molecule has 0 spiro atoms. The number of hydrogen-bond acceptors (Lipinski definition) is 3. The molecule has 1 unspecified atom stereocenters. The van der Waals surface area contributed by atoms with Crippen LogP contribution in [0.4, 0.5) is 57.1 Å². The quantitative estimate of drug-likeness (QED) is 0.492. The Kier molecular flexibility index (Phi) is 5.69. The van der Waals surface area contributed by atoms with Gasteiger partial charge < -0.3 is 4.74 Å². The predicted molar refractivity (Wildman–Crippen MR) is 42.9 cm³/mol. The van der Waals surface area contributed by atoms with E-state index in [9.17, 15) is 57.1 Å². The zero-order chi connectivity index (χ0) is 19.8. The van der Waals surface area contributed by atoms with Crippen LogP contribution < -0.4 is 0 Å². The first-order valence-electron chi connectivity index (χ1n) is 4.75. The highest BCUT2D eigenvalue weighted by Gasteiger charge is 2.81. The van der Waals surface area contributed by atoms with Crippen molar-refractivity contribution in [2.24, 2.45) is 0 Å². The van der Waals surface area contributed by atoms with E-state index in [-0.39, 0.29) is 0 Å². The van der Waals surface area contributed by atoms with Crippen LogP contribution in [-0.2, 0) is 9.47 Å². The summed E-state index contributed by atoms with van der Waals surface area (Å²) in [7, 11) is 0. The van der Waals surface area contributed by atoms with E-state index < -0.39 is 48.3 Å². The Bertz CT molecular complexity index is 543. The lowest BCUT2D eigenvalue weighted by atomic mass is 10.2. The monoisotopic (exact) mass is 389 g/mol. The second-order valence-electron chi connectivity index (χ2n) is 3.55. The fourth-order valence-electron chi connectivity index (χ4n) is 0.805. The van der Waals surface area contributed by atoms with E-state index in [0.717, 1.165) is 0 Å². The molecule has 0 bridgehead atoms. The van der Waals surface area contributed by atoms with E-state index >= 15 is 0 Å². The van der Waals surface area contributed by atoms with Gasteiger partial charge in [0.15, 0.2) is 0 Å². The van der Waals surface area contributed by atoms with E-state index in [1.165, 1.54) is 0 Å². The molecule has 0 aromatic heterocycles. The number of nitriles is 1. The van der Waals surface area contributed by atoms with E-state index in [2.05, 4.69) is 0 Å². The molecule has 1 atom stereocenters. The maximum absolute atomic E-state index is 13.3. The molecular formula is C8F13NO2. The molecule has 0 N–H and O–H groups in total. The van der Waals surface area contributed by atoms with Crippen LogP contribution in [0.15, 0.2) is 12.1 Å². The van der Waals surface area contributed by atoms with Gasteiger partial charge in [-0.15, -0.1) is 0 Å². The Morgan fingerprint density at radius 1 is 0.750 bits per heavy atom. The van der Waals surface area contributed by atoms with Gasteiger partial charge in [0.2, 0.25) is 0 Å². The summed E-state index contributed by atoms with van der Waals surface area (Å²) in [6.07, 6.45) is -25.1. The SMILES string of the molecule is N#CC(F)(F)C(F)(F)OC(F)(C(F)(F)F)C(F)(F)OC(F)=C(F)F. The molecule has 0 aromatic rings. The molecule has 0 saturated heterocycles. The van der Waals surface area contributed by atoms with Crippen molar-refractivity contribution in [1.29, 1.82) is 5.26 Å². The normalized spacial score (nSPS) is 16.2. The Balaban J connectivity index is 6.12. The van der Waals surface area contributed by atoms with Gasteiger partial charge >= 0.3 is 42.3 Å². The lowest BCUT2D eigenvalue weighted by molar-refractivity contribution is -0.512. The molecule has 0 aliphatic rings. The van der Waals surface area contributed by atoms with E-state index in [4.69, 9.17) is 5.26 Å². The van der Waals surface area contributed by atoms with Gasteiger partial charge in [0, 0.05) is 0 Å². The topological polar surface area (TPSA) is 42.2 Å². The molecular weight excluding hydrogens is 389 g/mol. The minimum Gasteiger partial charge on any atom is -0.398 e. The number of nitrogens with zero attached hydrogens (tertiary/aromatic N) is 1. The molecule has 3 nitrogen and oxygen atoms in total. The number of hydrogen-bond donors (Lipinski definition) is 0. The molecule has 0 aliphatic heterocycles. The predicted octanol–water partition coefficient (Wildman–Crippen LogP) is 4.63. The number of halogens is 13. The van der Waals surface area contributed by atoms with Crippen LogP contribution >= 0.6 is 0 Å². The first kappa shape index (κ1) is 22.1. The van der Waals surface area contributed by atoms with Crippen LogP contribution in [0.5, 0.6) is 0 Å². The van der Waals surface area contributed by atoms with Crippen molar-refractivity contribution in [3.63, 3.8) is 0 Å². The standard InChI is InChI=1S/C8F13NO2/c9-2(10)3(11)23-8(20,21)5(14,6(15,16)17)24-7(18,19)4(12,13)1-22. The smallest absolute Gasteiger partial charge is 0.398 e. The van der Waals surface area contributed by atoms with Crippen LogP contribution in [0.25, 0.3) is 0 Å². The third kappa shape index (κ3) is 3.94. The lowest BCUT2D eigenvalue weighted by Gasteiger charge is -2.35. The number of ether oxygens (including phenoxy) is 2. The summed E-state index contributed by atoms with van der Waals surface area (Å²) in [5.41, 5.74) is 0. The molecule has 0 rings (SSSR count). The highest BCUT2D eigenvalue weighted by molar-refractivity contribution is 5.01. The zero-order valence-electron chi connectivity index (χ0n) is 10.2. The minimum absolute atomic E-state index is 0.665. The Labute approximate surface area is 121 Å². The maximum atomic E-state index is 13.3. The Morgan fingerprint density at radius 3 is 1.46 bits per heavy atom. The van der Waals surface area contributed by atoms with Crippen molar-refractivity contribution in [2.45, 2.75) is 30.2 Å². The van der Waals surface area contributed by atoms with Gasteiger partial charge in [-0.1, -0.05) is 0 Å². The van der Waals surface area contributed by atoms with Crippen LogP contribution in [0, 0.1) is 11.3 Å². The summed E-state index contributed by atoms with van der Waals surface area (Å²) in [4.78, 5) is 0. The largest absolute Gasteiger partial charge is 0.471 e. The van der Waals surface area contributed by atoms with Crippen molar-refractivity contribution in [3.05, 3.63) is 12.1 Å². The molecule has 0 heterocycles. The van der Waals surface area contributed by atoms with Crippen LogP contribution in [0.3, 0.4) is 0 Å². The molecule has 140 valence electrons. The molecule has 0 aliphatic carbocycles. The van der Waals surface area contributed by atoms with Crippen molar-refractivity contribution in [1.82, 2.24) is 0 Å². The third-order valence-corrected chi connectivity index (χ3v) is 1.88. The van der Waals surface area contributed by atoms with Gasteiger partial charge in [-0.25, -0.2) is 0 Å². The molecule has 0 amide bonds. The fourth-order valence-corrected chi connectivity index (χ4v) is 0.805. The van der Waals surface area contributed by atoms with E-state index in [0.29, 0.717) is 0 Å². The third-order valence-electron chi connectivity index (χ3n) is 1.88. The van der Waals surface area contributed by atoms with Crippen LogP contribution in [-0.4, -0.2) is 30.2 Å². The zero-order valence-corrected chi connectivity index (χ0v) is 10.2. The number of rotatable bonds is 6. The Hall–Kier alpha value is -1.92. The highest BCUT2D eigenvalue weighted by atomic mass is 19.4. The van der Waals surface area contributed by atoms with E-state index in [1.54, 1.807) is 4.74 Å². The average Bonchev–Trinajstić information content (AvgIpc) is 2.35. The van der Waals surface area contributed by atoms with Gasteiger partial charge in [-0.3, -0.25) is 4.74 Å². The van der Waals surface area contributed by atoms with E-state index in [1.807, 2.05) is 4.74 Å². The lowest BCUT2D eigenvalue weighted by Crippen LogP contribution is -2.63. The average molecular weight is 389 g/mol. The van der Waals surface area contributed by atoms with Gasteiger partial charge in [0.25, 0.3) is 0 Å². The molecule has 16 heteroatoms. The molecule has 0 fully saturated rings. The molecule has 0 radical (unpaired) electrons. The fraction of sp³-hybridized carbons (Fsp3) is 0.625. The van der Waals surface area contributed by atoms with Gasteiger partial charge in [-0.2, -0.15) is 62.3 Å². The molecule has 0 saturated carbocycles. The summed E-state index contributed by atoms with van der Waals surface area (Å²) < 4.78 is 165. The molecule has 0 aromatic carbocycles. The van der Waals surface area contributed by atoms with Crippen molar-refractivity contribution >= 4 is 0 Å². The van der Waals surface area contributed by atoms with Gasteiger partial charge in [0.05, 0.1) is 0 Å². The number of alkyl halides is 10. The van der Waals surface area contributed by atoms with Crippen LogP contribution in [0.2, 0.25) is 0 Å². The van der Waals surface area contributed by atoms with Crippen LogP contribution in [0.1, 0.15) is 0 Å². The summed E-state index contributed by atoms with van der Waals surface area (Å²) in [5, 5.41) is 7.60. The summed E-state index contributed by atoms with van der Waals surface area (Å²) >= 11 is 0. The summed E-state index contributed by atoms with van der Waals surface area (Å²) in [5.74, 6) is -13.5. The van der Waals surface area contributed by atoms with Crippen molar-refractivity contribution < 1.29 is 66.5 Å². The first-order chi connectivity index (χ1) is 10.3. The Morgan fingerprint density at radius 2 is 1.17 bits per heavy atom. The minimum atomic E-state index is -7.33. The summed E-state index contributed by atoms with van der Waals surface area (Å²) in [6, 6.07) is -4.51. The highest BCUT2D eigenvalue weighted by Crippen LogP contribution is 2.52.